The molecule has 112 valence electrons. The number of aromatic nitrogens is 1. The van der Waals surface area contributed by atoms with Crippen LogP contribution in [0.25, 0.3) is 5.57 Å². The smallest absolute Gasteiger partial charge is 0.269 e. The van der Waals surface area contributed by atoms with Gasteiger partial charge in [-0.05, 0) is 31.0 Å². The lowest BCUT2D eigenvalue weighted by Gasteiger charge is -2.05. The van der Waals surface area contributed by atoms with Gasteiger partial charge >= 0.3 is 0 Å². The Morgan fingerprint density at radius 3 is 2.68 bits per heavy atom. The molecular formula is C16H16N4OS. The molecule has 0 radical (unpaired) electrons. The summed E-state index contributed by atoms with van der Waals surface area (Å²) in [4.78, 5) is 16.2. The van der Waals surface area contributed by atoms with E-state index < -0.39 is 0 Å². The first kappa shape index (κ1) is 15.7. The zero-order chi connectivity index (χ0) is 15.9. The second-order valence-electron chi connectivity index (χ2n) is 4.61. The molecule has 22 heavy (non-hydrogen) atoms. The molecule has 1 aromatic heterocycles. The summed E-state index contributed by atoms with van der Waals surface area (Å²) in [6.07, 6.45) is 2.37. The molecule has 1 heterocycles. The van der Waals surface area contributed by atoms with Crippen LogP contribution in [-0.2, 0) is 6.42 Å². The Morgan fingerprint density at radius 2 is 2.14 bits per heavy atom. The van der Waals surface area contributed by atoms with Crippen LogP contribution < -0.4 is 10.9 Å². The SMILES string of the molecule is CCc1ccc(C(=O)NN/C=C(\C#N)c2nc(C)cs2)cc1. The number of nitrogens with zero attached hydrogens (tertiary/aromatic N) is 2. The van der Waals surface area contributed by atoms with Gasteiger partial charge in [0, 0.05) is 22.8 Å². The standard InChI is InChI=1S/C16H16N4OS/c1-3-12-4-6-13(7-5-12)15(21)20-18-9-14(8-17)16-19-11(2)10-22-16/h4-7,9-10,18H,3H2,1-2H3,(H,20,21)/b14-9+. The Kier molecular flexibility index (Phi) is 5.28. The van der Waals surface area contributed by atoms with Crippen LogP contribution >= 0.6 is 11.3 Å². The molecule has 0 bridgehead atoms. The van der Waals surface area contributed by atoms with E-state index >= 15 is 0 Å². The van der Waals surface area contributed by atoms with E-state index in [-0.39, 0.29) is 5.91 Å². The van der Waals surface area contributed by atoms with Gasteiger partial charge < -0.3 is 5.43 Å². The Bertz CT molecular complexity index is 725. The van der Waals surface area contributed by atoms with Crippen LogP contribution in [0.1, 0.15) is 33.5 Å². The number of aryl methyl sites for hydroxylation is 2. The Balaban J connectivity index is 1.98. The van der Waals surface area contributed by atoms with Crippen LogP contribution in [0.2, 0.25) is 0 Å². The van der Waals surface area contributed by atoms with Gasteiger partial charge in [-0.15, -0.1) is 11.3 Å². The van der Waals surface area contributed by atoms with E-state index in [1.165, 1.54) is 23.1 Å². The second kappa shape index (κ2) is 7.38. The number of nitrogens with one attached hydrogen (secondary N) is 2. The highest BCUT2D eigenvalue weighted by Crippen LogP contribution is 2.17. The number of benzene rings is 1. The number of nitriles is 1. The van der Waals surface area contributed by atoms with Gasteiger partial charge in [-0.1, -0.05) is 19.1 Å². The maximum Gasteiger partial charge on any atom is 0.269 e. The third-order valence-electron chi connectivity index (χ3n) is 3.00. The molecule has 5 nitrogen and oxygen atoms in total. The molecule has 0 aliphatic carbocycles. The van der Waals surface area contributed by atoms with Crippen molar-refractivity contribution in [1.29, 1.82) is 5.26 Å². The largest absolute Gasteiger partial charge is 0.304 e. The fraction of sp³-hybridized carbons (Fsp3) is 0.188. The van der Waals surface area contributed by atoms with E-state index in [4.69, 9.17) is 5.26 Å². The average molecular weight is 312 g/mol. The molecule has 0 unspecified atom stereocenters. The topological polar surface area (TPSA) is 77.8 Å². The Hall–Kier alpha value is -2.65. The minimum absolute atomic E-state index is 0.258. The maximum absolute atomic E-state index is 12.0. The van der Waals surface area contributed by atoms with Gasteiger partial charge in [-0.25, -0.2) is 4.98 Å². The number of hydrogen-bond donors (Lipinski definition) is 2. The van der Waals surface area contributed by atoms with Gasteiger partial charge in [0.05, 0.1) is 0 Å². The van der Waals surface area contributed by atoms with Crippen molar-refractivity contribution in [3.63, 3.8) is 0 Å². The van der Waals surface area contributed by atoms with E-state index in [1.54, 1.807) is 12.1 Å². The summed E-state index contributed by atoms with van der Waals surface area (Å²) in [7, 11) is 0. The van der Waals surface area contributed by atoms with E-state index in [9.17, 15) is 4.79 Å². The number of amides is 1. The lowest BCUT2D eigenvalue weighted by molar-refractivity contribution is 0.0941. The summed E-state index contributed by atoms with van der Waals surface area (Å²) in [6.45, 7) is 3.93. The third-order valence-corrected chi connectivity index (χ3v) is 3.99. The van der Waals surface area contributed by atoms with Crippen molar-refractivity contribution in [3.8, 4) is 6.07 Å². The van der Waals surface area contributed by atoms with Crippen molar-refractivity contribution in [2.75, 3.05) is 0 Å². The molecule has 0 saturated carbocycles. The number of hydrazine groups is 1. The number of carbonyl (C=O) groups is 1. The summed E-state index contributed by atoms with van der Waals surface area (Å²) in [5.74, 6) is -0.258. The molecule has 1 aromatic carbocycles. The van der Waals surface area contributed by atoms with Gasteiger partial charge in [0.2, 0.25) is 0 Å². The first-order valence-corrected chi connectivity index (χ1v) is 7.69. The van der Waals surface area contributed by atoms with Gasteiger partial charge in [0.15, 0.2) is 0 Å². The number of hydrogen-bond acceptors (Lipinski definition) is 5. The van der Waals surface area contributed by atoms with Gasteiger partial charge in [0.25, 0.3) is 5.91 Å². The molecule has 0 atom stereocenters. The summed E-state index contributed by atoms with van der Waals surface area (Å²) in [5, 5.41) is 11.6. The third kappa shape index (κ3) is 3.93. The molecule has 0 aliphatic rings. The van der Waals surface area contributed by atoms with Crippen LogP contribution in [0, 0.1) is 18.3 Å². The zero-order valence-corrected chi connectivity index (χ0v) is 13.2. The van der Waals surface area contributed by atoms with Crippen LogP contribution in [0.15, 0.2) is 35.8 Å². The molecule has 0 saturated heterocycles. The van der Waals surface area contributed by atoms with Gasteiger partial charge in [-0.2, -0.15) is 5.26 Å². The van der Waals surface area contributed by atoms with E-state index in [0.29, 0.717) is 16.1 Å². The van der Waals surface area contributed by atoms with Crippen molar-refractivity contribution in [3.05, 3.63) is 57.7 Å². The number of thiazole rings is 1. The highest BCUT2D eigenvalue weighted by atomic mass is 32.1. The molecule has 0 fully saturated rings. The van der Waals surface area contributed by atoms with E-state index in [0.717, 1.165) is 12.1 Å². The number of allylic oxidation sites excluding steroid dienone is 1. The van der Waals surface area contributed by atoms with Crippen LogP contribution in [0.3, 0.4) is 0 Å². The molecule has 6 heteroatoms. The quantitative estimate of drug-likeness (QED) is 0.657. The van der Waals surface area contributed by atoms with Crippen molar-refractivity contribution in [1.82, 2.24) is 15.8 Å². The highest BCUT2D eigenvalue weighted by Gasteiger charge is 2.06. The average Bonchev–Trinajstić information content (AvgIpc) is 2.97. The van der Waals surface area contributed by atoms with Crippen LogP contribution in [-0.4, -0.2) is 10.9 Å². The minimum Gasteiger partial charge on any atom is -0.304 e. The lowest BCUT2D eigenvalue weighted by Crippen LogP contribution is -2.33. The molecule has 2 N–H and O–H groups in total. The van der Waals surface area contributed by atoms with E-state index in [1.807, 2.05) is 24.4 Å². The summed E-state index contributed by atoms with van der Waals surface area (Å²) in [6, 6.07) is 9.44. The highest BCUT2D eigenvalue weighted by molar-refractivity contribution is 7.10. The summed E-state index contributed by atoms with van der Waals surface area (Å²) < 4.78 is 0. The summed E-state index contributed by atoms with van der Waals surface area (Å²) >= 11 is 1.39. The fourth-order valence-electron chi connectivity index (χ4n) is 1.76. The fourth-order valence-corrected chi connectivity index (χ4v) is 2.52. The molecule has 2 aromatic rings. The Labute approximate surface area is 133 Å². The van der Waals surface area contributed by atoms with Crippen molar-refractivity contribution in [2.24, 2.45) is 0 Å². The number of rotatable bonds is 5. The minimum atomic E-state index is -0.258. The molecule has 0 aliphatic heterocycles. The van der Waals surface area contributed by atoms with Crippen molar-refractivity contribution < 1.29 is 4.79 Å². The van der Waals surface area contributed by atoms with Crippen molar-refractivity contribution >= 4 is 22.8 Å². The van der Waals surface area contributed by atoms with Gasteiger partial charge in [0.1, 0.15) is 16.6 Å². The first-order chi connectivity index (χ1) is 10.6. The van der Waals surface area contributed by atoms with E-state index in [2.05, 4.69) is 28.8 Å². The predicted molar refractivity (Wildman–Crippen MR) is 86.9 cm³/mol. The second-order valence-corrected chi connectivity index (χ2v) is 5.47. The lowest BCUT2D eigenvalue weighted by atomic mass is 10.1. The zero-order valence-electron chi connectivity index (χ0n) is 12.4. The van der Waals surface area contributed by atoms with Gasteiger partial charge in [-0.3, -0.25) is 10.2 Å². The first-order valence-electron chi connectivity index (χ1n) is 6.81. The van der Waals surface area contributed by atoms with Crippen LogP contribution in [0.4, 0.5) is 0 Å². The normalized spacial score (nSPS) is 10.9. The predicted octanol–water partition coefficient (Wildman–Crippen LogP) is 2.81. The maximum atomic E-state index is 12.0. The monoisotopic (exact) mass is 312 g/mol. The molecule has 2 rings (SSSR count). The van der Waals surface area contributed by atoms with Crippen LogP contribution in [0.5, 0.6) is 0 Å². The molecular weight excluding hydrogens is 296 g/mol. The number of carbonyl (C=O) groups excluding carboxylic acids is 1. The Morgan fingerprint density at radius 1 is 1.41 bits per heavy atom. The molecule has 0 spiro atoms. The van der Waals surface area contributed by atoms with Crippen molar-refractivity contribution in [2.45, 2.75) is 20.3 Å². The molecule has 1 amide bonds. The summed E-state index contributed by atoms with van der Waals surface area (Å²) in [5.41, 5.74) is 8.16.